The van der Waals surface area contributed by atoms with Crippen LogP contribution in [0.4, 0.5) is 62.5 Å². The molecule has 0 atom stereocenters. The van der Waals surface area contributed by atoms with Crippen LogP contribution in [0.15, 0.2) is 212 Å². The zero-order valence-electron chi connectivity index (χ0n) is 59.5. The van der Waals surface area contributed by atoms with Gasteiger partial charge in [0.25, 0.3) is 11.4 Å². The van der Waals surface area contributed by atoms with Gasteiger partial charge in [-0.2, -0.15) is 10.5 Å². The topological polar surface area (TPSA) is 166 Å². The van der Waals surface area contributed by atoms with Crippen LogP contribution in [0.3, 0.4) is 0 Å². The predicted octanol–water partition coefficient (Wildman–Crippen LogP) is 23.0. The minimum absolute atomic E-state index is 0.0508. The molecule has 8 rings (SSSR count). The minimum Gasteiger partial charge on any atom is -0.372 e. The largest absolute Gasteiger partial charge is 0.372 e. The number of non-ortho nitro benzene ring substituents is 1. The Balaban J connectivity index is 0.000000445. The summed E-state index contributed by atoms with van der Waals surface area (Å²) in [5.74, 6) is 0. The first kappa shape index (κ1) is 83.8. The van der Waals surface area contributed by atoms with E-state index < -0.39 is 4.92 Å². The smallest absolute Gasteiger partial charge is 0.269 e. The number of nitrogens with zero attached hydrogens (tertiary/aromatic N) is 11. The Labute approximate surface area is 579 Å². The maximum Gasteiger partial charge on any atom is 0.269 e. The van der Waals surface area contributed by atoms with Crippen molar-refractivity contribution in [2.24, 2.45) is 31.2 Å². The van der Waals surface area contributed by atoms with Gasteiger partial charge in [-0.1, -0.05) is 95.2 Å². The summed E-state index contributed by atoms with van der Waals surface area (Å²) in [4.78, 5) is 34.1. The number of benzene rings is 5. The van der Waals surface area contributed by atoms with E-state index in [4.69, 9.17) is 40.1 Å². The molecule has 0 unspecified atom stereocenters. The van der Waals surface area contributed by atoms with Gasteiger partial charge in [0.2, 0.25) is 0 Å². The number of halogens is 5. The Morgan fingerprint density at radius 1 is 0.541 bits per heavy atom. The van der Waals surface area contributed by atoms with Gasteiger partial charge in [0.15, 0.2) is 0 Å². The molecule has 0 aromatic heterocycles. The molecule has 0 fully saturated rings. The predicted molar refractivity (Wildman–Crippen MR) is 399 cm³/mol. The fourth-order valence-corrected chi connectivity index (χ4v) is 11.6. The minimum atomic E-state index is -0.427. The normalized spacial score (nSPS) is 16.1. The summed E-state index contributed by atoms with van der Waals surface area (Å²) in [6.45, 7) is 44.8. The van der Waals surface area contributed by atoms with Gasteiger partial charge in [-0.25, -0.2) is 10.1 Å². The molecule has 3 aliphatic carbocycles. The molecular formula is C80H96F5N11O2. The second-order valence-corrected chi connectivity index (χ2v) is 25.3. The second kappa shape index (κ2) is 43.7. The second-order valence-electron chi connectivity index (χ2n) is 25.3. The van der Waals surface area contributed by atoms with E-state index in [1.807, 2.05) is 79.7 Å². The number of anilines is 3. The van der Waals surface area contributed by atoms with Gasteiger partial charge < -0.3 is 14.7 Å². The number of hydrogen-bond donors (Lipinski definition) is 0. The van der Waals surface area contributed by atoms with Crippen molar-refractivity contribution in [1.82, 2.24) is 0 Å². The summed E-state index contributed by atoms with van der Waals surface area (Å²) >= 11 is 0. The molecule has 13 nitrogen and oxygen atoms in total. The van der Waals surface area contributed by atoms with Crippen molar-refractivity contribution in [3.8, 4) is 18.2 Å². The first-order valence-electron chi connectivity index (χ1n) is 32.6. The number of aliphatic imine (C=N–C) groups is 3. The molecule has 18 heteroatoms. The highest BCUT2D eigenvalue weighted by Crippen LogP contribution is 2.42. The van der Waals surface area contributed by atoms with Gasteiger partial charge in [-0.15, -0.1) is 0 Å². The van der Waals surface area contributed by atoms with Crippen LogP contribution in [0.25, 0.3) is 17.0 Å². The van der Waals surface area contributed by atoms with E-state index >= 15 is 0 Å². The molecule has 0 spiro atoms. The van der Waals surface area contributed by atoms with Crippen molar-refractivity contribution in [3.63, 3.8) is 0 Å². The van der Waals surface area contributed by atoms with Gasteiger partial charge in [-0.3, -0.25) is 29.5 Å². The summed E-state index contributed by atoms with van der Waals surface area (Å²) in [5.41, 5.74) is 16.4. The quantitative estimate of drug-likeness (QED) is 0.0209. The molecule has 98 heavy (non-hydrogen) atoms. The van der Waals surface area contributed by atoms with Crippen molar-refractivity contribution in [1.29, 1.82) is 15.8 Å². The molecule has 0 heterocycles. The van der Waals surface area contributed by atoms with Crippen LogP contribution in [0.1, 0.15) is 140 Å². The van der Waals surface area contributed by atoms with Crippen molar-refractivity contribution >= 4 is 70.1 Å². The van der Waals surface area contributed by atoms with Crippen LogP contribution < -0.4 is 14.7 Å². The Morgan fingerprint density at radius 2 is 0.918 bits per heavy atom. The SMILES string of the molecule is C/C=C1C=C(/C(C#N)=C/c2ccc([N+](=O)[O-])cc2)CC(C)(C)C/1.C=Nc1ccc(N(CC)CC)cc1.CCN(CC)c1ccc(N=C2C=C(/C(C#N)=C/c3ccccc3)CC(C)(C)C2)cc1.CF.FF.FF.[C-]#[N+]/C(C#N)=C\C1=CC(=Nc2ccc(N(CC)CC)cc2)CC(C)(C)C1. The van der Waals surface area contributed by atoms with Crippen molar-refractivity contribution in [2.45, 2.75) is 129 Å². The van der Waals surface area contributed by atoms with Gasteiger partial charge in [-0.05, 0) is 248 Å². The Bertz CT molecular complexity index is 3770. The molecule has 5 aromatic carbocycles. The third-order valence-electron chi connectivity index (χ3n) is 16.1. The molecule has 0 amide bonds. The number of nitriles is 3. The van der Waals surface area contributed by atoms with E-state index in [-0.39, 0.29) is 27.6 Å². The zero-order valence-corrected chi connectivity index (χ0v) is 59.5. The first-order chi connectivity index (χ1) is 47.0. The summed E-state index contributed by atoms with van der Waals surface area (Å²) in [5, 5.41) is 39.0. The van der Waals surface area contributed by atoms with Crippen LogP contribution in [0.5, 0.6) is 0 Å². The standard InChI is InChI=1S/C27H31N3.C22H26N4.C19H20N2O2.C11H16N2.CH3F.2F2/c1-5-30(6-2)26-14-12-24(13-15-26)29-25-17-22(18-27(3,4)19-25)23(20-28)16-21-10-8-7-9-11-21;1-6-26(7-2)21-10-8-18(9-11-21)25-19-12-17(13-20(16-23)24-5)14-22(3,4)15-19;1-4-14-9-16(12-19(2,3)11-14)17(13-20)10-15-5-7-18(8-6-15)21(22)23;1-4-13(5-2)11-8-6-10(12-3)7-9-11;3*1-2/h7-17H,5-6,18-19H2,1-4H3;8-13H,6-7,14-15H2,1-4H3;4-10H,11-12H2,1-3H3;6-9H,3-5H2,1-2H3;1H3;;/b23-16+,29-25?;20-13-,25-19?;14-4-,17-10+;;;;. The summed E-state index contributed by atoms with van der Waals surface area (Å²) in [7, 11) is 0.500. The zero-order chi connectivity index (χ0) is 73.4. The fourth-order valence-electron chi connectivity index (χ4n) is 11.6. The Morgan fingerprint density at radius 3 is 1.29 bits per heavy atom. The Hall–Kier alpha value is -10.3. The lowest BCUT2D eigenvalue weighted by molar-refractivity contribution is -0.384. The van der Waals surface area contributed by atoms with Crippen LogP contribution in [-0.4, -0.2) is 69.5 Å². The molecular weight excluding hydrogens is 1240 g/mol. The lowest BCUT2D eigenvalue weighted by Gasteiger charge is -2.31. The van der Waals surface area contributed by atoms with E-state index in [0.717, 1.165) is 140 Å². The van der Waals surface area contributed by atoms with Gasteiger partial charge in [0, 0.05) is 98.2 Å². The molecule has 5 aromatic rings. The van der Waals surface area contributed by atoms with E-state index in [2.05, 4.69) is 193 Å². The van der Waals surface area contributed by atoms with Gasteiger partial charge in [0.1, 0.15) is 0 Å². The third-order valence-corrected chi connectivity index (χ3v) is 16.1. The average molecular weight is 1340 g/mol. The Kier molecular flexibility index (Phi) is 37.4. The molecule has 3 aliphatic rings. The number of hydrogen-bond acceptors (Lipinski definition) is 11. The highest BCUT2D eigenvalue weighted by atomic mass is 20.0. The van der Waals surface area contributed by atoms with Crippen LogP contribution in [0.2, 0.25) is 0 Å². The van der Waals surface area contributed by atoms with E-state index in [9.17, 15) is 25.0 Å². The molecule has 0 bridgehead atoms. The van der Waals surface area contributed by atoms with E-state index in [0.29, 0.717) is 12.8 Å². The molecule has 0 radical (unpaired) electrons. The third kappa shape index (κ3) is 28.2. The number of nitro groups is 1. The lowest BCUT2D eigenvalue weighted by Crippen LogP contribution is -2.22. The van der Waals surface area contributed by atoms with Crippen molar-refractivity contribution in [3.05, 3.63) is 230 Å². The summed E-state index contributed by atoms with van der Waals surface area (Å²) in [6, 6.07) is 47.8. The monoisotopic (exact) mass is 1340 g/mol. The first-order valence-corrected chi connectivity index (χ1v) is 32.6. The number of alkyl halides is 1. The van der Waals surface area contributed by atoms with Gasteiger partial charge in [0.05, 0.1) is 65.1 Å². The van der Waals surface area contributed by atoms with Crippen LogP contribution >= 0.6 is 0 Å². The molecule has 0 saturated carbocycles. The average Bonchev–Trinajstić information content (AvgIpc) is 0.848. The number of allylic oxidation sites excluding steroid dienone is 12. The van der Waals surface area contributed by atoms with Crippen LogP contribution in [-0.2, 0) is 0 Å². The fraction of sp³-hybridized carbons (Fsp3) is 0.362. The molecule has 0 saturated heterocycles. The molecule has 518 valence electrons. The van der Waals surface area contributed by atoms with Gasteiger partial charge >= 0.3 is 0 Å². The highest BCUT2D eigenvalue weighted by Gasteiger charge is 2.30. The number of rotatable bonds is 18. The number of nitro benzene ring substituents is 1. The van der Waals surface area contributed by atoms with Crippen molar-refractivity contribution < 1.29 is 27.6 Å². The maximum atomic E-state index is 10.7. The van der Waals surface area contributed by atoms with Crippen LogP contribution in [0, 0.1) is 66.9 Å². The van der Waals surface area contributed by atoms with E-state index in [1.54, 1.807) is 24.3 Å². The molecule has 0 aliphatic heterocycles. The maximum absolute atomic E-state index is 10.7. The lowest BCUT2D eigenvalue weighted by atomic mass is 9.73. The molecule has 0 N–H and O–H groups in total. The highest BCUT2D eigenvalue weighted by molar-refractivity contribution is 6.00. The summed E-state index contributed by atoms with van der Waals surface area (Å²) < 4.78 is 41.5. The summed E-state index contributed by atoms with van der Waals surface area (Å²) in [6.07, 6.45) is 19.1. The van der Waals surface area contributed by atoms with E-state index in [1.165, 1.54) is 34.8 Å². The van der Waals surface area contributed by atoms with Crippen molar-refractivity contribution in [2.75, 3.05) is 61.1 Å².